The summed E-state index contributed by atoms with van der Waals surface area (Å²) in [4.78, 5) is 13.4. The summed E-state index contributed by atoms with van der Waals surface area (Å²) in [6.07, 6.45) is 3.67. The van der Waals surface area contributed by atoms with Crippen LogP contribution in [0, 0.1) is 13.8 Å². The Morgan fingerprint density at radius 3 is 2.38 bits per heavy atom. The first-order chi connectivity index (χ1) is 13.8. The van der Waals surface area contributed by atoms with Crippen LogP contribution in [0.15, 0.2) is 47.4 Å². The summed E-state index contributed by atoms with van der Waals surface area (Å²) in [5, 5.41) is 12.2. The number of hydrogen-bond donors (Lipinski definition) is 2. The minimum absolute atomic E-state index is 0.224. The van der Waals surface area contributed by atoms with Gasteiger partial charge in [0.2, 0.25) is 5.91 Å². The first-order valence-electron chi connectivity index (χ1n) is 10.1. The molecule has 1 amide bonds. The second-order valence-corrected chi connectivity index (χ2v) is 10.2. The van der Waals surface area contributed by atoms with Crippen molar-refractivity contribution < 1.29 is 18.3 Å². The van der Waals surface area contributed by atoms with Gasteiger partial charge in [-0.3, -0.25) is 4.79 Å². The molecule has 5 nitrogen and oxygen atoms in total. The Kier molecular flexibility index (Phi) is 6.32. The van der Waals surface area contributed by atoms with Crippen LogP contribution in [-0.4, -0.2) is 30.7 Å². The number of phenols is 1. The molecule has 1 fully saturated rings. The molecule has 2 aromatic carbocycles. The molecule has 1 aliphatic carbocycles. The summed E-state index contributed by atoms with van der Waals surface area (Å²) in [6, 6.07) is 12.3. The monoisotopic (exact) mass is 415 g/mol. The number of carbonyl (C=O) groups excluding carboxylic acids is 1. The fourth-order valence-corrected chi connectivity index (χ4v) is 6.49. The van der Waals surface area contributed by atoms with Crippen LogP contribution in [0.5, 0.6) is 5.75 Å². The van der Waals surface area contributed by atoms with Gasteiger partial charge in [0.05, 0.1) is 4.90 Å². The van der Waals surface area contributed by atoms with Gasteiger partial charge >= 0.3 is 0 Å². The highest BCUT2D eigenvalue weighted by Crippen LogP contribution is 2.41. The van der Waals surface area contributed by atoms with E-state index in [1.807, 2.05) is 25.1 Å². The molecule has 0 spiro atoms. The number of amides is 1. The van der Waals surface area contributed by atoms with E-state index in [0.717, 1.165) is 30.4 Å². The van der Waals surface area contributed by atoms with Crippen molar-refractivity contribution in [3.63, 3.8) is 0 Å². The number of hydrogen-bond acceptors (Lipinski definition) is 4. The molecular weight excluding hydrogens is 386 g/mol. The first kappa shape index (κ1) is 21.4. The van der Waals surface area contributed by atoms with E-state index in [0.29, 0.717) is 31.4 Å². The normalized spacial score (nSPS) is 15.9. The molecule has 0 aliphatic heterocycles. The number of phenolic OH excluding ortho intramolecular Hbond substituents is 1. The number of nitrogens with one attached hydrogen (secondary N) is 1. The molecule has 1 saturated carbocycles. The van der Waals surface area contributed by atoms with Gasteiger partial charge in [-0.25, -0.2) is 8.42 Å². The van der Waals surface area contributed by atoms with E-state index < -0.39 is 14.6 Å². The lowest BCUT2D eigenvalue weighted by Crippen LogP contribution is -2.51. The molecule has 0 saturated heterocycles. The Morgan fingerprint density at radius 2 is 1.72 bits per heavy atom. The smallest absolute Gasteiger partial charge is 0.241 e. The molecular formula is C23H29NO4S. The maximum Gasteiger partial charge on any atom is 0.241 e. The highest BCUT2D eigenvalue weighted by atomic mass is 32.2. The molecule has 6 heteroatoms. The van der Waals surface area contributed by atoms with Gasteiger partial charge in [0.15, 0.2) is 14.6 Å². The van der Waals surface area contributed by atoms with Crippen LogP contribution in [0.4, 0.5) is 0 Å². The van der Waals surface area contributed by atoms with E-state index in [-0.39, 0.29) is 16.6 Å². The average Bonchev–Trinajstić information content (AvgIpc) is 3.20. The van der Waals surface area contributed by atoms with Crippen molar-refractivity contribution in [1.29, 1.82) is 0 Å². The van der Waals surface area contributed by atoms with Crippen molar-refractivity contribution in [2.24, 2.45) is 0 Å². The van der Waals surface area contributed by atoms with E-state index in [4.69, 9.17) is 0 Å². The third kappa shape index (κ3) is 4.32. The van der Waals surface area contributed by atoms with Crippen molar-refractivity contribution in [1.82, 2.24) is 5.32 Å². The summed E-state index contributed by atoms with van der Waals surface area (Å²) >= 11 is 0. The molecule has 0 bridgehead atoms. The summed E-state index contributed by atoms with van der Waals surface area (Å²) < 4.78 is 25.8. The average molecular weight is 416 g/mol. The van der Waals surface area contributed by atoms with Crippen LogP contribution < -0.4 is 5.32 Å². The van der Waals surface area contributed by atoms with E-state index in [2.05, 4.69) is 5.32 Å². The van der Waals surface area contributed by atoms with E-state index in [1.54, 1.807) is 31.2 Å². The Bertz CT molecular complexity index is 974. The standard InChI is InChI=1S/C23H29NO4S/c1-17-7-8-18(2)21(16-17)29(27,28)23(13-3-4-14-23)22(26)24-15-5-6-19-9-11-20(25)12-10-19/h7-12,16,25H,3-6,13-15H2,1-2H3,(H,24,26). The molecule has 0 heterocycles. The second-order valence-electron chi connectivity index (χ2n) is 8.00. The van der Waals surface area contributed by atoms with Gasteiger partial charge in [-0.15, -0.1) is 0 Å². The Balaban J connectivity index is 1.73. The fourth-order valence-electron chi connectivity index (χ4n) is 4.09. The number of carbonyl (C=O) groups is 1. The van der Waals surface area contributed by atoms with Gasteiger partial charge < -0.3 is 10.4 Å². The number of benzene rings is 2. The fraction of sp³-hybridized carbons (Fsp3) is 0.435. The van der Waals surface area contributed by atoms with Crippen LogP contribution in [-0.2, 0) is 21.1 Å². The van der Waals surface area contributed by atoms with Crippen molar-refractivity contribution in [2.45, 2.75) is 62.0 Å². The van der Waals surface area contributed by atoms with Crippen LogP contribution in [0.1, 0.15) is 48.8 Å². The summed E-state index contributed by atoms with van der Waals surface area (Å²) in [5.74, 6) is -0.150. The van der Waals surface area contributed by atoms with Gasteiger partial charge in [-0.1, -0.05) is 37.1 Å². The van der Waals surface area contributed by atoms with Gasteiger partial charge in [-0.05, 0) is 74.4 Å². The van der Waals surface area contributed by atoms with Crippen molar-refractivity contribution in [2.75, 3.05) is 6.54 Å². The highest BCUT2D eigenvalue weighted by molar-refractivity contribution is 7.93. The van der Waals surface area contributed by atoms with Gasteiger partial charge in [0.1, 0.15) is 5.75 Å². The Labute approximate surface area is 173 Å². The van der Waals surface area contributed by atoms with Crippen LogP contribution >= 0.6 is 0 Å². The van der Waals surface area contributed by atoms with E-state index in [9.17, 15) is 18.3 Å². The third-order valence-corrected chi connectivity index (χ3v) is 8.48. The first-order valence-corrected chi connectivity index (χ1v) is 11.6. The molecule has 0 unspecified atom stereocenters. The number of rotatable bonds is 7. The largest absolute Gasteiger partial charge is 0.508 e. The van der Waals surface area contributed by atoms with Crippen molar-refractivity contribution in [3.05, 3.63) is 59.2 Å². The number of aryl methyl sites for hydroxylation is 3. The quantitative estimate of drug-likeness (QED) is 0.673. The van der Waals surface area contributed by atoms with E-state index >= 15 is 0 Å². The lowest BCUT2D eigenvalue weighted by Gasteiger charge is -2.28. The number of aromatic hydroxyl groups is 1. The predicted molar refractivity (Wildman–Crippen MR) is 114 cm³/mol. The SMILES string of the molecule is Cc1ccc(C)c(S(=O)(=O)C2(C(=O)NCCCc3ccc(O)cc3)CCCC2)c1. The van der Waals surface area contributed by atoms with Crippen LogP contribution in [0.2, 0.25) is 0 Å². The minimum atomic E-state index is -3.79. The zero-order chi connectivity index (χ0) is 21.1. The third-order valence-electron chi connectivity index (χ3n) is 5.84. The van der Waals surface area contributed by atoms with Gasteiger partial charge in [-0.2, -0.15) is 0 Å². The van der Waals surface area contributed by atoms with Crippen molar-refractivity contribution in [3.8, 4) is 5.75 Å². The zero-order valence-corrected chi connectivity index (χ0v) is 17.9. The summed E-state index contributed by atoms with van der Waals surface area (Å²) in [6.45, 7) is 4.07. The molecule has 1 aliphatic rings. The number of sulfone groups is 1. The van der Waals surface area contributed by atoms with Gasteiger partial charge in [0, 0.05) is 6.54 Å². The molecule has 2 aromatic rings. The Morgan fingerprint density at radius 1 is 1.07 bits per heavy atom. The predicted octanol–water partition coefficient (Wildman–Crippen LogP) is 3.84. The molecule has 3 rings (SSSR count). The molecule has 29 heavy (non-hydrogen) atoms. The van der Waals surface area contributed by atoms with Gasteiger partial charge in [0.25, 0.3) is 0 Å². The summed E-state index contributed by atoms with van der Waals surface area (Å²) in [7, 11) is -3.79. The maximum absolute atomic E-state index is 13.6. The van der Waals surface area contributed by atoms with Crippen LogP contribution in [0.25, 0.3) is 0 Å². The lowest BCUT2D eigenvalue weighted by molar-refractivity contribution is -0.123. The van der Waals surface area contributed by atoms with E-state index in [1.165, 1.54) is 0 Å². The topological polar surface area (TPSA) is 83.5 Å². The lowest BCUT2D eigenvalue weighted by atomic mass is 10.1. The Hall–Kier alpha value is -2.34. The van der Waals surface area contributed by atoms with Crippen molar-refractivity contribution >= 4 is 15.7 Å². The minimum Gasteiger partial charge on any atom is -0.508 e. The molecule has 156 valence electrons. The second kappa shape index (κ2) is 8.57. The van der Waals surface area contributed by atoms with Crippen LogP contribution in [0.3, 0.4) is 0 Å². The maximum atomic E-state index is 13.6. The molecule has 2 N–H and O–H groups in total. The summed E-state index contributed by atoms with van der Waals surface area (Å²) in [5.41, 5.74) is 2.62. The highest BCUT2D eigenvalue weighted by Gasteiger charge is 2.53. The zero-order valence-electron chi connectivity index (χ0n) is 17.1. The molecule has 0 radical (unpaired) electrons. The molecule has 0 atom stereocenters. The molecule has 0 aromatic heterocycles.